The Labute approximate surface area is 186 Å². The summed E-state index contributed by atoms with van der Waals surface area (Å²) in [6, 6.07) is 13.5. The molecule has 0 saturated carbocycles. The van der Waals surface area contributed by atoms with Gasteiger partial charge in [0.25, 0.3) is 15.9 Å². The number of nitrogens with zero attached hydrogens (tertiary/aromatic N) is 2. The third-order valence-electron chi connectivity index (χ3n) is 4.52. The number of aryl methyl sites for hydroxylation is 2. The SMILES string of the molecule is C=CCN=C1S[C@@H](CC(=O)Nc2ccc(C)cc2)C(=O)N1S(=O)(=O)c1ccc(C)cc1. The van der Waals surface area contributed by atoms with E-state index in [1.54, 1.807) is 24.3 Å². The fourth-order valence-corrected chi connectivity index (χ4v) is 5.72. The molecular weight excluding hydrogens is 434 g/mol. The topological polar surface area (TPSA) is 95.9 Å². The van der Waals surface area contributed by atoms with Crippen molar-refractivity contribution in [2.45, 2.75) is 30.4 Å². The first-order valence-corrected chi connectivity index (χ1v) is 11.9. The second-order valence-corrected chi connectivity index (χ2v) is 10.0. The number of amidine groups is 1. The van der Waals surface area contributed by atoms with E-state index in [1.165, 1.54) is 18.2 Å². The van der Waals surface area contributed by atoms with Gasteiger partial charge in [0.15, 0.2) is 5.17 Å². The maximum Gasteiger partial charge on any atom is 0.272 e. The Hall–Kier alpha value is -2.91. The van der Waals surface area contributed by atoms with E-state index >= 15 is 0 Å². The molecular formula is C22H23N3O4S2. The monoisotopic (exact) mass is 457 g/mol. The number of anilines is 1. The highest BCUT2D eigenvalue weighted by Crippen LogP contribution is 2.34. The highest BCUT2D eigenvalue weighted by Gasteiger charge is 2.46. The molecule has 0 aromatic heterocycles. The van der Waals surface area contributed by atoms with Gasteiger partial charge in [0.2, 0.25) is 5.91 Å². The molecule has 2 aromatic rings. The lowest BCUT2D eigenvalue weighted by Gasteiger charge is -2.17. The van der Waals surface area contributed by atoms with Crippen LogP contribution < -0.4 is 5.32 Å². The van der Waals surface area contributed by atoms with Crippen molar-refractivity contribution in [1.29, 1.82) is 0 Å². The van der Waals surface area contributed by atoms with Crippen molar-refractivity contribution in [3.8, 4) is 0 Å². The molecule has 1 aliphatic heterocycles. The second-order valence-electron chi connectivity index (χ2n) is 7.06. The van der Waals surface area contributed by atoms with Gasteiger partial charge in [0.05, 0.1) is 11.4 Å². The lowest BCUT2D eigenvalue weighted by molar-refractivity contribution is -0.125. The fraction of sp³-hybridized carbons (Fsp3) is 0.227. The molecule has 0 radical (unpaired) electrons. The van der Waals surface area contributed by atoms with E-state index in [2.05, 4.69) is 16.9 Å². The number of carbonyl (C=O) groups is 2. The number of amides is 2. The van der Waals surface area contributed by atoms with Gasteiger partial charge in [-0.1, -0.05) is 53.2 Å². The van der Waals surface area contributed by atoms with Crippen molar-refractivity contribution >= 4 is 44.5 Å². The summed E-state index contributed by atoms with van der Waals surface area (Å²) in [7, 11) is -4.15. The molecule has 1 aliphatic rings. The lowest BCUT2D eigenvalue weighted by Crippen LogP contribution is -2.38. The van der Waals surface area contributed by atoms with Gasteiger partial charge < -0.3 is 5.32 Å². The fourth-order valence-electron chi connectivity index (χ4n) is 2.88. The molecule has 1 N–H and O–H groups in total. The van der Waals surface area contributed by atoms with Crippen LogP contribution in [0.3, 0.4) is 0 Å². The molecule has 0 unspecified atom stereocenters. The Morgan fingerprint density at radius 2 is 1.71 bits per heavy atom. The third kappa shape index (κ3) is 5.23. The minimum Gasteiger partial charge on any atom is -0.326 e. The van der Waals surface area contributed by atoms with Crippen LogP contribution in [0.15, 0.2) is 71.1 Å². The average Bonchev–Trinajstić information content (AvgIpc) is 3.04. The van der Waals surface area contributed by atoms with Crippen LogP contribution in [0.4, 0.5) is 5.69 Å². The number of benzene rings is 2. The van der Waals surface area contributed by atoms with Gasteiger partial charge in [0, 0.05) is 12.1 Å². The van der Waals surface area contributed by atoms with Crippen LogP contribution in [0, 0.1) is 13.8 Å². The molecule has 1 fully saturated rings. The summed E-state index contributed by atoms with van der Waals surface area (Å²) in [5.74, 6) is -1.07. The maximum absolute atomic E-state index is 13.2. The van der Waals surface area contributed by atoms with Gasteiger partial charge in [-0.25, -0.2) is 8.42 Å². The van der Waals surface area contributed by atoms with E-state index in [9.17, 15) is 18.0 Å². The zero-order valence-electron chi connectivity index (χ0n) is 17.2. The molecule has 0 bridgehead atoms. The molecule has 2 amide bonds. The van der Waals surface area contributed by atoms with E-state index in [1.807, 2.05) is 26.0 Å². The van der Waals surface area contributed by atoms with E-state index in [-0.39, 0.29) is 28.9 Å². The van der Waals surface area contributed by atoms with E-state index in [0.717, 1.165) is 22.9 Å². The van der Waals surface area contributed by atoms with Gasteiger partial charge in [-0.15, -0.1) is 6.58 Å². The van der Waals surface area contributed by atoms with E-state index in [4.69, 9.17) is 0 Å². The molecule has 0 spiro atoms. The van der Waals surface area contributed by atoms with Crippen molar-refractivity contribution in [1.82, 2.24) is 4.31 Å². The minimum atomic E-state index is -4.15. The number of hydrogen-bond donors (Lipinski definition) is 1. The number of carbonyl (C=O) groups excluding carboxylic acids is 2. The summed E-state index contributed by atoms with van der Waals surface area (Å²) < 4.78 is 27.0. The van der Waals surface area contributed by atoms with Gasteiger partial charge in [0.1, 0.15) is 5.25 Å². The summed E-state index contributed by atoms with van der Waals surface area (Å²) in [6.45, 7) is 7.51. The van der Waals surface area contributed by atoms with Crippen molar-refractivity contribution in [3.63, 3.8) is 0 Å². The van der Waals surface area contributed by atoms with Crippen LogP contribution >= 0.6 is 11.8 Å². The van der Waals surface area contributed by atoms with E-state index in [0.29, 0.717) is 9.99 Å². The van der Waals surface area contributed by atoms with Crippen LogP contribution in [-0.4, -0.2) is 41.5 Å². The molecule has 162 valence electrons. The molecule has 9 heteroatoms. The first-order chi connectivity index (χ1) is 14.7. The quantitative estimate of drug-likeness (QED) is 0.642. The molecule has 3 rings (SSSR count). The first-order valence-electron chi connectivity index (χ1n) is 9.56. The Balaban J connectivity index is 1.83. The predicted octanol–water partition coefficient (Wildman–Crippen LogP) is 3.51. The number of hydrogen-bond acceptors (Lipinski definition) is 6. The Morgan fingerprint density at radius 3 is 2.29 bits per heavy atom. The van der Waals surface area contributed by atoms with Crippen molar-refractivity contribution in [3.05, 3.63) is 72.3 Å². The van der Waals surface area contributed by atoms with Crippen LogP contribution in [0.1, 0.15) is 17.5 Å². The summed E-state index contributed by atoms with van der Waals surface area (Å²) in [4.78, 5) is 29.7. The Morgan fingerprint density at radius 1 is 1.13 bits per heavy atom. The normalized spacial score (nSPS) is 17.7. The molecule has 1 saturated heterocycles. The van der Waals surface area contributed by atoms with Gasteiger partial charge in [-0.05, 0) is 38.1 Å². The van der Waals surface area contributed by atoms with Crippen molar-refractivity contribution in [2.24, 2.45) is 4.99 Å². The average molecular weight is 458 g/mol. The number of rotatable bonds is 7. The van der Waals surface area contributed by atoms with Crippen LogP contribution in [0.2, 0.25) is 0 Å². The van der Waals surface area contributed by atoms with Crippen molar-refractivity contribution < 1.29 is 18.0 Å². The van der Waals surface area contributed by atoms with Crippen LogP contribution in [-0.2, 0) is 19.6 Å². The van der Waals surface area contributed by atoms with Crippen LogP contribution in [0.25, 0.3) is 0 Å². The number of sulfonamides is 1. The maximum atomic E-state index is 13.2. The highest BCUT2D eigenvalue weighted by molar-refractivity contribution is 8.17. The standard InChI is InChI=1S/C22H23N3O4S2/c1-4-13-23-22-25(31(28,29)18-11-7-16(3)8-12-18)21(27)19(30-22)14-20(26)24-17-9-5-15(2)6-10-17/h4-12,19H,1,13-14H2,2-3H3,(H,24,26)/t19-/m0/s1. The Kier molecular flexibility index (Phi) is 6.97. The third-order valence-corrected chi connectivity index (χ3v) is 7.51. The molecule has 31 heavy (non-hydrogen) atoms. The highest BCUT2D eigenvalue weighted by atomic mass is 32.2. The van der Waals surface area contributed by atoms with Gasteiger partial charge in [-0.2, -0.15) is 4.31 Å². The van der Waals surface area contributed by atoms with Crippen LogP contribution in [0.5, 0.6) is 0 Å². The second kappa shape index (κ2) is 9.49. The van der Waals surface area contributed by atoms with Gasteiger partial charge >= 0.3 is 0 Å². The molecule has 7 nitrogen and oxygen atoms in total. The van der Waals surface area contributed by atoms with Gasteiger partial charge in [-0.3, -0.25) is 14.6 Å². The molecule has 1 atom stereocenters. The number of aliphatic imine (C=N–C) groups is 1. The molecule has 1 heterocycles. The zero-order valence-corrected chi connectivity index (χ0v) is 18.9. The number of thioether (sulfide) groups is 1. The minimum absolute atomic E-state index is 0.0110. The largest absolute Gasteiger partial charge is 0.326 e. The smallest absolute Gasteiger partial charge is 0.272 e. The predicted molar refractivity (Wildman–Crippen MR) is 124 cm³/mol. The molecule has 0 aliphatic carbocycles. The summed E-state index contributed by atoms with van der Waals surface area (Å²) in [5, 5.41) is 1.88. The summed E-state index contributed by atoms with van der Waals surface area (Å²) in [5.41, 5.74) is 2.56. The summed E-state index contributed by atoms with van der Waals surface area (Å²) in [6.07, 6.45) is 1.33. The zero-order chi connectivity index (χ0) is 22.6. The van der Waals surface area contributed by atoms with Crippen molar-refractivity contribution in [2.75, 3.05) is 11.9 Å². The lowest BCUT2D eigenvalue weighted by atomic mass is 10.2. The Bertz CT molecular complexity index is 1120. The summed E-state index contributed by atoms with van der Waals surface area (Å²) >= 11 is 0.971. The first kappa shape index (κ1) is 22.8. The van der Waals surface area contributed by atoms with E-state index < -0.39 is 21.2 Å². The molecule has 2 aromatic carbocycles. The number of nitrogens with one attached hydrogen (secondary N) is 1.